The highest BCUT2D eigenvalue weighted by atomic mass is 32.2. The number of alkyl halides is 3. The van der Waals surface area contributed by atoms with Crippen molar-refractivity contribution in [2.75, 3.05) is 6.54 Å². The Bertz CT molecular complexity index is 566. The molecule has 7 heteroatoms. The minimum atomic E-state index is -4.35. The van der Waals surface area contributed by atoms with Gasteiger partial charge in [0.05, 0.1) is 5.56 Å². The number of rotatable bonds is 5. The van der Waals surface area contributed by atoms with Crippen LogP contribution in [-0.2, 0) is 10.9 Å². The molecule has 0 aliphatic rings. The number of ether oxygens (including phenoxy) is 1. The van der Waals surface area contributed by atoms with Crippen molar-refractivity contribution in [3.05, 3.63) is 29.8 Å². The van der Waals surface area contributed by atoms with E-state index in [1.807, 2.05) is 13.8 Å². The maximum absolute atomic E-state index is 12.8. The van der Waals surface area contributed by atoms with E-state index in [4.69, 9.17) is 4.74 Å². The molecule has 0 unspecified atom stereocenters. The molecule has 1 N–H and O–H groups in total. The summed E-state index contributed by atoms with van der Waals surface area (Å²) in [6.45, 7) is 9.57. The first-order valence-corrected chi connectivity index (χ1v) is 8.43. The Labute approximate surface area is 145 Å². The van der Waals surface area contributed by atoms with Gasteiger partial charge >= 0.3 is 12.3 Å². The van der Waals surface area contributed by atoms with E-state index < -0.39 is 23.4 Å². The summed E-state index contributed by atoms with van der Waals surface area (Å²) in [6.07, 6.45) is -4.26. The summed E-state index contributed by atoms with van der Waals surface area (Å²) < 4.78 is 43.1. The molecule has 136 valence electrons. The molecule has 0 aliphatic heterocycles. The molecule has 1 aromatic rings. The molecule has 0 bridgehead atoms. The van der Waals surface area contributed by atoms with Crippen molar-refractivity contribution >= 4 is 17.9 Å². The van der Waals surface area contributed by atoms with Crippen LogP contribution in [0.25, 0.3) is 0 Å². The lowest BCUT2D eigenvalue weighted by Gasteiger charge is -2.25. The summed E-state index contributed by atoms with van der Waals surface area (Å²) >= 11 is 1.35. The second kappa shape index (κ2) is 7.68. The Morgan fingerprint density at radius 1 is 1.17 bits per heavy atom. The monoisotopic (exact) mass is 363 g/mol. The van der Waals surface area contributed by atoms with E-state index in [-0.39, 0.29) is 4.75 Å². The third-order valence-electron chi connectivity index (χ3n) is 2.95. The number of nitrogens with one attached hydrogen (secondary N) is 1. The van der Waals surface area contributed by atoms with Crippen molar-refractivity contribution in [2.24, 2.45) is 0 Å². The zero-order chi connectivity index (χ0) is 18.6. The average molecular weight is 363 g/mol. The van der Waals surface area contributed by atoms with E-state index in [1.54, 1.807) is 26.8 Å². The Morgan fingerprint density at radius 3 is 2.33 bits per heavy atom. The summed E-state index contributed by atoms with van der Waals surface area (Å²) in [6, 6.07) is 5.26. The standard InChI is InChI=1S/C17H24F3NO2S/c1-15(2,3)23-14(22)21-10-9-16(4,5)24-13-8-6-7-12(11-13)17(18,19)20/h6-8,11H,9-10H2,1-5H3,(H,21,22). The van der Waals surface area contributed by atoms with Crippen LogP contribution < -0.4 is 5.32 Å². The van der Waals surface area contributed by atoms with Gasteiger partial charge in [-0.2, -0.15) is 13.2 Å². The van der Waals surface area contributed by atoms with E-state index in [1.165, 1.54) is 17.8 Å². The number of hydrogen-bond donors (Lipinski definition) is 1. The fourth-order valence-corrected chi connectivity index (χ4v) is 3.06. The van der Waals surface area contributed by atoms with Gasteiger partial charge in [0.2, 0.25) is 0 Å². The molecule has 1 rings (SSSR count). The van der Waals surface area contributed by atoms with Crippen LogP contribution in [0.1, 0.15) is 46.6 Å². The number of halogens is 3. The molecule has 0 fully saturated rings. The molecule has 1 amide bonds. The Hall–Kier alpha value is -1.37. The van der Waals surface area contributed by atoms with Crippen molar-refractivity contribution in [1.82, 2.24) is 5.32 Å². The van der Waals surface area contributed by atoms with Crippen molar-refractivity contribution in [3.63, 3.8) is 0 Å². The van der Waals surface area contributed by atoms with Crippen LogP contribution >= 0.6 is 11.8 Å². The van der Waals surface area contributed by atoms with Crippen LogP contribution in [0.4, 0.5) is 18.0 Å². The molecule has 0 aromatic heterocycles. The number of carbonyl (C=O) groups excluding carboxylic acids is 1. The largest absolute Gasteiger partial charge is 0.444 e. The van der Waals surface area contributed by atoms with E-state index in [9.17, 15) is 18.0 Å². The first-order chi connectivity index (χ1) is 10.8. The number of carbonyl (C=O) groups is 1. The number of hydrogen-bond acceptors (Lipinski definition) is 3. The Balaban J connectivity index is 2.56. The maximum Gasteiger partial charge on any atom is 0.416 e. The topological polar surface area (TPSA) is 38.3 Å². The number of amides is 1. The van der Waals surface area contributed by atoms with Gasteiger partial charge in [0.1, 0.15) is 5.60 Å². The summed E-state index contributed by atoms with van der Waals surface area (Å²) in [5.41, 5.74) is -1.22. The highest BCUT2D eigenvalue weighted by Crippen LogP contribution is 2.37. The first-order valence-electron chi connectivity index (χ1n) is 7.62. The van der Waals surface area contributed by atoms with Gasteiger partial charge in [-0.1, -0.05) is 19.9 Å². The van der Waals surface area contributed by atoms with Crippen LogP contribution in [0, 0.1) is 0 Å². The van der Waals surface area contributed by atoms with Crippen molar-refractivity contribution in [2.45, 2.75) is 62.5 Å². The highest BCUT2D eigenvalue weighted by Gasteiger charge is 2.31. The van der Waals surface area contributed by atoms with Crippen molar-refractivity contribution in [3.8, 4) is 0 Å². The highest BCUT2D eigenvalue weighted by molar-refractivity contribution is 8.00. The van der Waals surface area contributed by atoms with Gasteiger partial charge in [-0.05, 0) is 45.4 Å². The third-order valence-corrected chi connectivity index (χ3v) is 4.20. The van der Waals surface area contributed by atoms with Gasteiger partial charge < -0.3 is 10.1 Å². The Kier molecular flexibility index (Phi) is 6.61. The van der Waals surface area contributed by atoms with E-state index in [2.05, 4.69) is 5.32 Å². The molecule has 0 saturated carbocycles. The molecule has 0 heterocycles. The molecule has 0 aliphatic carbocycles. The predicted molar refractivity (Wildman–Crippen MR) is 90.2 cm³/mol. The fourth-order valence-electron chi connectivity index (χ4n) is 1.89. The third kappa shape index (κ3) is 7.95. The smallest absolute Gasteiger partial charge is 0.416 e. The van der Waals surface area contributed by atoms with Crippen LogP contribution in [0.15, 0.2) is 29.2 Å². The molecular weight excluding hydrogens is 339 g/mol. The molecule has 0 saturated heterocycles. The minimum absolute atomic E-state index is 0.334. The second-order valence-corrected chi connectivity index (χ2v) is 8.85. The first kappa shape index (κ1) is 20.7. The second-order valence-electron chi connectivity index (χ2n) is 7.07. The fraction of sp³-hybridized carbons (Fsp3) is 0.588. The number of benzene rings is 1. The zero-order valence-corrected chi connectivity index (χ0v) is 15.4. The average Bonchev–Trinajstić information content (AvgIpc) is 2.34. The van der Waals surface area contributed by atoms with E-state index >= 15 is 0 Å². The maximum atomic E-state index is 12.8. The summed E-state index contributed by atoms with van der Waals surface area (Å²) in [5.74, 6) is 0. The minimum Gasteiger partial charge on any atom is -0.444 e. The molecular formula is C17H24F3NO2S. The lowest BCUT2D eigenvalue weighted by molar-refractivity contribution is -0.137. The van der Waals surface area contributed by atoms with E-state index in [0.717, 1.165) is 12.1 Å². The lowest BCUT2D eigenvalue weighted by atomic mass is 10.1. The SMILES string of the molecule is CC(C)(C)OC(=O)NCCC(C)(C)Sc1cccc(C(F)(F)F)c1. The predicted octanol–water partition coefficient (Wildman–Crippen LogP) is 5.49. The van der Waals surface area contributed by atoms with Crippen LogP contribution in [0.5, 0.6) is 0 Å². The number of thioether (sulfide) groups is 1. The molecule has 24 heavy (non-hydrogen) atoms. The molecule has 0 atom stereocenters. The normalized spacial score (nSPS) is 12.8. The van der Waals surface area contributed by atoms with Gasteiger partial charge in [0.25, 0.3) is 0 Å². The van der Waals surface area contributed by atoms with Gasteiger partial charge in [-0.3, -0.25) is 0 Å². The van der Waals surface area contributed by atoms with Gasteiger partial charge in [-0.25, -0.2) is 4.79 Å². The molecule has 0 radical (unpaired) electrons. The number of alkyl carbamates (subject to hydrolysis) is 1. The Morgan fingerprint density at radius 2 is 1.79 bits per heavy atom. The van der Waals surface area contributed by atoms with Gasteiger partial charge in [-0.15, -0.1) is 11.8 Å². The summed E-state index contributed by atoms with van der Waals surface area (Å²) in [5, 5.41) is 2.66. The van der Waals surface area contributed by atoms with Crippen LogP contribution in [0.3, 0.4) is 0 Å². The van der Waals surface area contributed by atoms with Crippen LogP contribution in [-0.4, -0.2) is 23.0 Å². The summed E-state index contributed by atoms with van der Waals surface area (Å²) in [7, 11) is 0. The van der Waals surface area contributed by atoms with Crippen molar-refractivity contribution in [1.29, 1.82) is 0 Å². The quantitative estimate of drug-likeness (QED) is 0.703. The van der Waals surface area contributed by atoms with E-state index in [0.29, 0.717) is 17.9 Å². The van der Waals surface area contributed by atoms with Crippen molar-refractivity contribution < 1.29 is 22.7 Å². The van der Waals surface area contributed by atoms with Crippen LogP contribution in [0.2, 0.25) is 0 Å². The summed E-state index contributed by atoms with van der Waals surface area (Å²) in [4.78, 5) is 12.1. The lowest BCUT2D eigenvalue weighted by Crippen LogP contribution is -2.34. The molecule has 1 aromatic carbocycles. The van der Waals surface area contributed by atoms with Gasteiger partial charge in [0.15, 0.2) is 0 Å². The molecule has 0 spiro atoms. The zero-order valence-electron chi connectivity index (χ0n) is 14.6. The van der Waals surface area contributed by atoms with Gasteiger partial charge in [0, 0.05) is 16.2 Å². The molecule has 3 nitrogen and oxygen atoms in total.